The zero-order valence-electron chi connectivity index (χ0n) is 14.0. The highest BCUT2D eigenvalue weighted by Gasteiger charge is 2.29. The molecule has 3 heterocycles. The summed E-state index contributed by atoms with van der Waals surface area (Å²) in [5.74, 6) is 0.0653. The Morgan fingerprint density at radius 3 is 2.68 bits per heavy atom. The molecule has 1 amide bonds. The van der Waals surface area contributed by atoms with Gasteiger partial charge in [-0.05, 0) is 18.4 Å². The van der Waals surface area contributed by atoms with Crippen LogP contribution < -0.4 is 5.32 Å². The van der Waals surface area contributed by atoms with E-state index in [0.717, 1.165) is 31.6 Å². The minimum Gasteiger partial charge on any atom is -0.381 e. The Kier molecular flexibility index (Phi) is 4.76. The van der Waals surface area contributed by atoms with Crippen molar-refractivity contribution in [3.05, 3.63) is 47.8 Å². The molecule has 7 nitrogen and oxygen atoms in total. The Hall–Kier alpha value is -2.25. The van der Waals surface area contributed by atoms with E-state index in [9.17, 15) is 4.79 Å². The standard InChI is InChI=1S/C18H22N4O3/c23-18(16-10-22(21-20-16)15-7-9-25-12-15)19-17(14-6-8-24-11-14)13-4-2-1-3-5-13/h1-5,10,14-15,17H,6-9,11-12H2,(H,19,23). The van der Waals surface area contributed by atoms with E-state index in [0.29, 0.717) is 18.9 Å². The van der Waals surface area contributed by atoms with Crippen LogP contribution in [0.3, 0.4) is 0 Å². The van der Waals surface area contributed by atoms with Gasteiger partial charge in [0.1, 0.15) is 0 Å². The van der Waals surface area contributed by atoms with Gasteiger partial charge < -0.3 is 14.8 Å². The van der Waals surface area contributed by atoms with Gasteiger partial charge in [0.25, 0.3) is 5.91 Å². The summed E-state index contributed by atoms with van der Waals surface area (Å²) in [7, 11) is 0. The maximum absolute atomic E-state index is 12.7. The minimum absolute atomic E-state index is 0.0869. The SMILES string of the molecule is O=C(NC(c1ccccc1)C1CCOC1)c1cn(C2CCOC2)nn1. The van der Waals surface area contributed by atoms with E-state index in [-0.39, 0.29) is 23.9 Å². The van der Waals surface area contributed by atoms with E-state index in [1.807, 2.05) is 30.3 Å². The molecule has 0 bridgehead atoms. The van der Waals surface area contributed by atoms with Gasteiger partial charge in [0.2, 0.25) is 0 Å². The number of rotatable bonds is 5. The molecule has 0 saturated carbocycles. The Labute approximate surface area is 146 Å². The molecule has 132 valence electrons. The molecule has 2 saturated heterocycles. The van der Waals surface area contributed by atoms with Crippen molar-refractivity contribution in [2.45, 2.75) is 24.9 Å². The first kappa shape index (κ1) is 16.2. The summed E-state index contributed by atoms with van der Waals surface area (Å²) in [6, 6.07) is 10.1. The molecule has 0 spiro atoms. The number of nitrogens with zero attached hydrogens (tertiary/aromatic N) is 3. The lowest BCUT2D eigenvalue weighted by Gasteiger charge is -2.23. The van der Waals surface area contributed by atoms with Gasteiger partial charge in [-0.25, -0.2) is 4.68 Å². The van der Waals surface area contributed by atoms with Gasteiger partial charge in [0, 0.05) is 19.1 Å². The lowest BCUT2D eigenvalue weighted by molar-refractivity contribution is 0.0910. The van der Waals surface area contributed by atoms with Crippen molar-refractivity contribution in [2.75, 3.05) is 26.4 Å². The number of benzene rings is 1. The highest BCUT2D eigenvalue weighted by molar-refractivity contribution is 5.92. The van der Waals surface area contributed by atoms with Crippen LogP contribution in [0.5, 0.6) is 0 Å². The molecule has 3 unspecified atom stereocenters. The summed E-state index contributed by atoms with van der Waals surface area (Å²) in [6.45, 7) is 2.74. The Balaban J connectivity index is 1.50. The van der Waals surface area contributed by atoms with Gasteiger partial charge in [-0.15, -0.1) is 5.10 Å². The van der Waals surface area contributed by atoms with E-state index >= 15 is 0 Å². The number of hydrogen-bond acceptors (Lipinski definition) is 5. The van der Waals surface area contributed by atoms with E-state index in [1.165, 1.54) is 0 Å². The van der Waals surface area contributed by atoms with E-state index in [2.05, 4.69) is 15.6 Å². The van der Waals surface area contributed by atoms with Crippen LogP contribution in [0, 0.1) is 5.92 Å². The van der Waals surface area contributed by atoms with Crippen molar-refractivity contribution in [3.8, 4) is 0 Å². The molecular formula is C18H22N4O3. The predicted octanol–water partition coefficient (Wildman–Crippen LogP) is 1.75. The van der Waals surface area contributed by atoms with Crippen molar-refractivity contribution in [2.24, 2.45) is 5.92 Å². The molecule has 2 aliphatic rings. The van der Waals surface area contributed by atoms with Crippen LogP contribution in [-0.4, -0.2) is 47.3 Å². The van der Waals surface area contributed by atoms with Crippen LogP contribution in [0.4, 0.5) is 0 Å². The summed E-state index contributed by atoms with van der Waals surface area (Å²) in [5, 5.41) is 11.3. The van der Waals surface area contributed by atoms with E-state index < -0.39 is 0 Å². The summed E-state index contributed by atoms with van der Waals surface area (Å²) in [4.78, 5) is 12.7. The first-order valence-electron chi connectivity index (χ1n) is 8.74. The number of carbonyl (C=O) groups is 1. The van der Waals surface area contributed by atoms with Crippen LogP contribution in [0.25, 0.3) is 0 Å². The number of nitrogens with one attached hydrogen (secondary N) is 1. The number of hydrogen-bond donors (Lipinski definition) is 1. The fourth-order valence-corrected chi connectivity index (χ4v) is 3.45. The fourth-order valence-electron chi connectivity index (χ4n) is 3.45. The van der Waals surface area contributed by atoms with Crippen LogP contribution in [0.1, 0.15) is 41.0 Å². The third-order valence-electron chi connectivity index (χ3n) is 4.90. The quantitative estimate of drug-likeness (QED) is 0.896. The number of carbonyl (C=O) groups excluding carboxylic acids is 1. The van der Waals surface area contributed by atoms with Crippen LogP contribution in [-0.2, 0) is 9.47 Å². The van der Waals surface area contributed by atoms with Crippen LogP contribution in [0.2, 0.25) is 0 Å². The zero-order valence-corrected chi connectivity index (χ0v) is 14.0. The highest BCUT2D eigenvalue weighted by Crippen LogP contribution is 2.29. The zero-order chi connectivity index (χ0) is 17.1. The normalized spacial score (nSPS) is 24.3. The van der Waals surface area contributed by atoms with Crippen molar-refractivity contribution in [1.29, 1.82) is 0 Å². The Morgan fingerprint density at radius 1 is 1.16 bits per heavy atom. The molecule has 2 aromatic rings. The Bertz CT molecular complexity index is 706. The summed E-state index contributed by atoms with van der Waals surface area (Å²) in [5.41, 5.74) is 1.43. The number of aromatic nitrogens is 3. The average molecular weight is 342 g/mol. The monoisotopic (exact) mass is 342 g/mol. The first-order valence-corrected chi connectivity index (χ1v) is 8.74. The van der Waals surface area contributed by atoms with Crippen molar-refractivity contribution in [3.63, 3.8) is 0 Å². The largest absolute Gasteiger partial charge is 0.381 e. The van der Waals surface area contributed by atoms with E-state index in [1.54, 1.807) is 10.9 Å². The van der Waals surface area contributed by atoms with E-state index in [4.69, 9.17) is 9.47 Å². The van der Waals surface area contributed by atoms with Crippen LogP contribution in [0.15, 0.2) is 36.5 Å². The molecule has 1 aromatic carbocycles. The number of amides is 1. The maximum atomic E-state index is 12.7. The van der Waals surface area contributed by atoms with Gasteiger partial charge >= 0.3 is 0 Å². The van der Waals surface area contributed by atoms with Gasteiger partial charge in [-0.1, -0.05) is 35.5 Å². The molecule has 7 heteroatoms. The molecule has 2 fully saturated rings. The third kappa shape index (κ3) is 3.57. The maximum Gasteiger partial charge on any atom is 0.273 e. The second-order valence-electron chi connectivity index (χ2n) is 6.59. The number of ether oxygens (including phenoxy) is 2. The molecule has 4 rings (SSSR count). The summed E-state index contributed by atoms with van der Waals surface area (Å²) < 4.78 is 12.6. The van der Waals surface area contributed by atoms with Gasteiger partial charge in [-0.2, -0.15) is 0 Å². The highest BCUT2D eigenvalue weighted by atomic mass is 16.5. The van der Waals surface area contributed by atoms with Gasteiger partial charge in [-0.3, -0.25) is 4.79 Å². The fraction of sp³-hybridized carbons (Fsp3) is 0.500. The lowest BCUT2D eigenvalue weighted by Crippen LogP contribution is -2.34. The topological polar surface area (TPSA) is 78.3 Å². The van der Waals surface area contributed by atoms with Gasteiger partial charge in [0.15, 0.2) is 5.69 Å². The molecular weight excluding hydrogens is 320 g/mol. The molecule has 1 N–H and O–H groups in total. The molecule has 3 atom stereocenters. The second kappa shape index (κ2) is 7.33. The molecule has 0 radical (unpaired) electrons. The van der Waals surface area contributed by atoms with Crippen LogP contribution >= 0.6 is 0 Å². The smallest absolute Gasteiger partial charge is 0.273 e. The van der Waals surface area contributed by atoms with Crippen molar-refractivity contribution < 1.29 is 14.3 Å². The Morgan fingerprint density at radius 2 is 1.96 bits per heavy atom. The first-order chi connectivity index (χ1) is 12.3. The lowest BCUT2D eigenvalue weighted by atomic mass is 9.92. The second-order valence-corrected chi connectivity index (χ2v) is 6.59. The average Bonchev–Trinajstić information content (AvgIpc) is 3.42. The van der Waals surface area contributed by atoms with Crippen molar-refractivity contribution >= 4 is 5.91 Å². The van der Waals surface area contributed by atoms with Gasteiger partial charge in [0.05, 0.1) is 31.5 Å². The predicted molar refractivity (Wildman–Crippen MR) is 90.1 cm³/mol. The molecule has 2 aliphatic heterocycles. The summed E-state index contributed by atoms with van der Waals surface area (Å²) >= 11 is 0. The minimum atomic E-state index is -0.203. The third-order valence-corrected chi connectivity index (χ3v) is 4.90. The summed E-state index contributed by atoms with van der Waals surface area (Å²) in [6.07, 6.45) is 3.55. The molecule has 25 heavy (non-hydrogen) atoms. The van der Waals surface area contributed by atoms with Crippen molar-refractivity contribution in [1.82, 2.24) is 20.3 Å². The molecule has 1 aromatic heterocycles. The molecule has 0 aliphatic carbocycles.